The molecular weight excluding hydrogens is 186 g/mol. The maximum atomic E-state index is 5.57. The lowest BCUT2D eigenvalue weighted by Gasteiger charge is -2.05. The molecule has 0 atom stereocenters. The van der Waals surface area contributed by atoms with Crippen molar-refractivity contribution in [1.29, 1.82) is 0 Å². The van der Waals surface area contributed by atoms with Crippen LogP contribution in [0.25, 0.3) is 0 Å². The van der Waals surface area contributed by atoms with E-state index in [1.54, 1.807) is 0 Å². The molecule has 0 bridgehead atoms. The highest BCUT2D eigenvalue weighted by molar-refractivity contribution is 5.33. The summed E-state index contributed by atoms with van der Waals surface area (Å²) in [5.74, 6) is 0.937. The van der Waals surface area contributed by atoms with Crippen molar-refractivity contribution in [2.45, 2.75) is 13.8 Å². The van der Waals surface area contributed by atoms with Gasteiger partial charge in [0.25, 0.3) is 0 Å². The molecule has 1 aromatic carbocycles. The fourth-order valence-corrected chi connectivity index (χ4v) is 1.22. The van der Waals surface area contributed by atoms with Gasteiger partial charge in [-0.25, -0.2) is 0 Å². The van der Waals surface area contributed by atoms with Gasteiger partial charge in [0.2, 0.25) is 0 Å². The molecule has 0 spiro atoms. The van der Waals surface area contributed by atoms with Gasteiger partial charge in [-0.3, -0.25) is 0 Å². The molecule has 2 nitrogen and oxygen atoms in total. The molecule has 0 unspecified atom stereocenters. The molecule has 0 aliphatic carbocycles. The summed E-state index contributed by atoms with van der Waals surface area (Å²) >= 11 is 0. The zero-order valence-electron chi connectivity index (χ0n) is 9.71. The fraction of sp³-hybridized carbons (Fsp3) is 0.385. The van der Waals surface area contributed by atoms with Crippen molar-refractivity contribution in [1.82, 2.24) is 5.32 Å². The molecule has 0 saturated carbocycles. The van der Waals surface area contributed by atoms with Crippen LogP contribution < -0.4 is 10.1 Å². The monoisotopic (exact) mass is 205 g/mol. The molecule has 0 aliphatic heterocycles. The third-order valence-electron chi connectivity index (χ3n) is 2.31. The molecular formula is C13H19NO. The molecule has 0 saturated heterocycles. The van der Waals surface area contributed by atoms with Gasteiger partial charge in [0.15, 0.2) is 0 Å². The molecule has 1 N–H and O–H groups in total. The third-order valence-corrected chi connectivity index (χ3v) is 2.31. The highest BCUT2D eigenvalue weighted by atomic mass is 16.5. The van der Waals surface area contributed by atoms with E-state index >= 15 is 0 Å². The fourth-order valence-electron chi connectivity index (χ4n) is 1.22. The van der Waals surface area contributed by atoms with E-state index in [-0.39, 0.29) is 0 Å². The van der Waals surface area contributed by atoms with Crippen LogP contribution in [0.3, 0.4) is 0 Å². The Labute approximate surface area is 92.0 Å². The minimum absolute atomic E-state index is 0.629. The molecule has 1 aromatic rings. The summed E-state index contributed by atoms with van der Waals surface area (Å²) in [5.41, 5.74) is 2.57. The number of ether oxygens (including phenoxy) is 1. The van der Waals surface area contributed by atoms with E-state index < -0.39 is 0 Å². The summed E-state index contributed by atoms with van der Waals surface area (Å²) in [6, 6.07) is 6.16. The summed E-state index contributed by atoms with van der Waals surface area (Å²) in [6.45, 7) is 5.71. The Kier molecular flexibility index (Phi) is 4.91. The zero-order valence-corrected chi connectivity index (χ0v) is 9.71. The molecule has 1 rings (SSSR count). The third kappa shape index (κ3) is 4.17. The maximum absolute atomic E-state index is 5.57. The van der Waals surface area contributed by atoms with Crippen LogP contribution in [0, 0.1) is 13.8 Å². The van der Waals surface area contributed by atoms with Gasteiger partial charge in [-0.1, -0.05) is 18.2 Å². The second-order valence-electron chi connectivity index (χ2n) is 3.59. The summed E-state index contributed by atoms with van der Waals surface area (Å²) in [6.07, 6.45) is 4.08. The predicted molar refractivity (Wildman–Crippen MR) is 64.5 cm³/mol. The average Bonchev–Trinajstić information content (AvgIpc) is 2.23. The lowest BCUT2D eigenvalue weighted by Crippen LogP contribution is -2.04. The van der Waals surface area contributed by atoms with Gasteiger partial charge in [-0.15, -0.1) is 0 Å². The first-order chi connectivity index (χ1) is 7.24. The van der Waals surface area contributed by atoms with E-state index in [1.165, 1.54) is 11.1 Å². The summed E-state index contributed by atoms with van der Waals surface area (Å²) in [4.78, 5) is 0. The van der Waals surface area contributed by atoms with Gasteiger partial charge >= 0.3 is 0 Å². The van der Waals surface area contributed by atoms with E-state index in [4.69, 9.17) is 4.74 Å². The molecule has 0 fully saturated rings. The summed E-state index contributed by atoms with van der Waals surface area (Å²) in [5, 5.41) is 3.04. The number of rotatable bonds is 5. The second-order valence-corrected chi connectivity index (χ2v) is 3.59. The van der Waals surface area contributed by atoms with Gasteiger partial charge in [0, 0.05) is 6.54 Å². The first-order valence-electron chi connectivity index (χ1n) is 5.23. The number of nitrogens with one attached hydrogen (secondary N) is 1. The Morgan fingerprint density at radius 1 is 1.20 bits per heavy atom. The van der Waals surface area contributed by atoms with Crippen LogP contribution in [0.5, 0.6) is 5.75 Å². The quantitative estimate of drug-likeness (QED) is 0.746. The van der Waals surface area contributed by atoms with E-state index in [2.05, 4.69) is 37.4 Å². The van der Waals surface area contributed by atoms with Crippen LogP contribution in [0.15, 0.2) is 30.4 Å². The van der Waals surface area contributed by atoms with Crippen molar-refractivity contribution >= 4 is 0 Å². The highest BCUT2D eigenvalue weighted by Crippen LogP contribution is 2.16. The van der Waals surface area contributed by atoms with Gasteiger partial charge in [-0.05, 0) is 44.2 Å². The number of benzene rings is 1. The number of aryl methyl sites for hydroxylation is 2. The van der Waals surface area contributed by atoms with Crippen LogP contribution in [-0.2, 0) is 0 Å². The minimum atomic E-state index is 0.629. The van der Waals surface area contributed by atoms with Crippen molar-refractivity contribution in [3.63, 3.8) is 0 Å². The predicted octanol–water partition coefficient (Wildman–Crippen LogP) is 2.46. The van der Waals surface area contributed by atoms with Crippen molar-refractivity contribution in [3.05, 3.63) is 41.5 Å². The number of hydrogen-bond donors (Lipinski definition) is 1. The minimum Gasteiger partial charge on any atom is -0.490 e. The maximum Gasteiger partial charge on any atom is 0.120 e. The van der Waals surface area contributed by atoms with Crippen molar-refractivity contribution in [2.75, 3.05) is 20.2 Å². The van der Waals surface area contributed by atoms with Crippen molar-refractivity contribution in [3.8, 4) is 5.75 Å². The van der Waals surface area contributed by atoms with E-state index in [9.17, 15) is 0 Å². The smallest absolute Gasteiger partial charge is 0.120 e. The summed E-state index contributed by atoms with van der Waals surface area (Å²) < 4.78 is 5.57. The molecule has 0 radical (unpaired) electrons. The first kappa shape index (κ1) is 11.8. The van der Waals surface area contributed by atoms with Crippen molar-refractivity contribution < 1.29 is 4.74 Å². The molecule has 82 valence electrons. The normalized spacial score (nSPS) is 10.9. The Bertz CT molecular complexity index is 331. The largest absolute Gasteiger partial charge is 0.490 e. The molecule has 0 aliphatic rings. The zero-order chi connectivity index (χ0) is 11.1. The molecule has 0 amide bonds. The van der Waals surface area contributed by atoms with E-state index in [0.29, 0.717) is 6.61 Å². The Morgan fingerprint density at radius 3 is 2.67 bits per heavy atom. The van der Waals surface area contributed by atoms with Gasteiger partial charge in [-0.2, -0.15) is 0 Å². The summed E-state index contributed by atoms with van der Waals surface area (Å²) in [7, 11) is 1.93. The van der Waals surface area contributed by atoms with Crippen LogP contribution >= 0.6 is 0 Å². The van der Waals surface area contributed by atoms with Crippen LogP contribution in [-0.4, -0.2) is 20.2 Å². The second kappa shape index (κ2) is 6.25. The Hall–Kier alpha value is -1.28. The van der Waals surface area contributed by atoms with Crippen LogP contribution in [0.1, 0.15) is 11.1 Å². The number of hydrogen-bond acceptors (Lipinski definition) is 2. The van der Waals surface area contributed by atoms with Gasteiger partial charge < -0.3 is 10.1 Å². The Morgan fingerprint density at radius 2 is 2.00 bits per heavy atom. The van der Waals surface area contributed by atoms with Crippen LogP contribution in [0.2, 0.25) is 0 Å². The first-order valence-corrected chi connectivity index (χ1v) is 5.23. The lowest BCUT2D eigenvalue weighted by molar-refractivity contribution is 0.362. The van der Waals surface area contributed by atoms with Gasteiger partial charge in [0.05, 0.1) is 0 Å². The van der Waals surface area contributed by atoms with E-state index in [0.717, 1.165) is 12.3 Å². The van der Waals surface area contributed by atoms with Gasteiger partial charge in [0.1, 0.15) is 12.4 Å². The number of likely N-dealkylation sites (N-methyl/N-ethyl adjacent to an activating group) is 1. The topological polar surface area (TPSA) is 21.3 Å². The molecule has 0 aromatic heterocycles. The SMILES string of the molecule is CNC/C=C/COc1ccc(C)c(C)c1. The average molecular weight is 205 g/mol. The lowest BCUT2D eigenvalue weighted by atomic mass is 10.1. The van der Waals surface area contributed by atoms with E-state index in [1.807, 2.05) is 19.2 Å². The molecule has 0 heterocycles. The highest BCUT2D eigenvalue weighted by Gasteiger charge is 1.95. The van der Waals surface area contributed by atoms with Crippen molar-refractivity contribution in [2.24, 2.45) is 0 Å². The standard InChI is InChI=1S/C13H19NO/c1-11-6-7-13(10-12(11)2)15-9-5-4-8-14-3/h4-7,10,14H,8-9H2,1-3H3/b5-4+. The molecule has 15 heavy (non-hydrogen) atoms. The van der Waals surface area contributed by atoms with Crippen LogP contribution in [0.4, 0.5) is 0 Å². The Balaban J connectivity index is 2.41. The molecule has 2 heteroatoms.